The molecule has 108 valence electrons. The Hall–Kier alpha value is -1.38. The van der Waals surface area contributed by atoms with Gasteiger partial charge in [0.25, 0.3) is 11.6 Å². The minimum Gasteiger partial charge on any atom is -0.316 e. The first-order valence-corrected chi connectivity index (χ1v) is 7.42. The number of amides is 1. The summed E-state index contributed by atoms with van der Waals surface area (Å²) in [4.78, 5) is 22.6. The van der Waals surface area contributed by atoms with Crippen LogP contribution in [-0.4, -0.2) is 10.8 Å². The van der Waals surface area contributed by atoms with E-state index in [2.05, 4.69) is 5.32 Å². The zero-order valence-corrected chi connectivity index (χ0v) is 13.9. The Bertz CT molecular complexity index is 737. The van der Waals surface area contributed by atoms with Crippen molar-refractivity contribution in [2.75, 3.05) is 5.32 Å². The van der Waals surface area contributed by atoms with Crippen molar-refractivity contribution in [1.82, 2.24) is 0 Å². The molecule has 0 saturated heterocycles. The van der Waals surface area contributed by atoms with Gasteiger partial charge in [-0.15, -0.1) is 0 Å². The van der Waals surface area contributed by atoms with Crippen LogP contribution >= 0.6 is 45.8 Å². The predicted molar refractivity (Wildman–Crippen MR) is 90.2 cm³/mol. The molecule has 2 rings (SSSR count). The van der Waals surface area contributed by atoms with E-state index in [0.29, 0.717) is 14.2 Å². The molecular weight excluding hydrogens is 430 g/mol. The van der Waals surface area contributed by atoms with E-state index < -0.39 is 10.8 Å². The van der Waals surface area contributed by atoms with Crippen LogP contribution in [-0.2, 0) is 0 Å². The Kier molecular flexibility index (Phi) is 5.02. The first-order chi connectivity index (χ1) is 9.88. The maximum absolute atomic E-state index is 12.2. The third kappa shape index (κ3) is 3.84. The standard InChI is InChI=1S/C13H7Cl2IN2O3/c14-7-1-3-10(16)9(5-7)13(19)17-11-4-2-8(15)6-12(11)18(20)21/h1-6H,(H,17,19). The second-order valence-corrected chi connectivity index (χ2v) is 6.03. The summed E-state index contributed by atoms with van der Waals surface area (Å²) in [6.07, 6.45) is 0. The van der Waals surface area contributed by atoms with Gasteiger partial charge in [-0.3, -0.25) is 14.9 Å². The molecule has 0 aliphatic heterocycles. The second-order valence-electron chi connectivity index (χ2n) is 4.00. The van der Waals surface area contributed by atoms with E-state index in [9.17, 15) is 14.9 Å². The van der Waals surface area contributed by atoms with Gasteiger partial charge in [-0.25, -0.2) is 0 Å². The number of benzene rings is 2. The first kappa shape index (κ1) is 16.0. The van der Waals surface area contributed by atoms with Crippen LogP contribution in [0.15, 0.2) is 36.4 Å². The van der Waals surface area contributed by atoms with E-state index in [1.165, 1.54) is 24.3 Å². The number of hydrogen-bond acceptors (Lipinski definition) is 3. The van der Waals surface area contributed by atoms with Crippen molar-refractivity contribution in [2.24, 2.45) is 0 Å². The summed E-state index contributed by atoms with van der Waals surface area (Å²) in [5.74, 6) is -0.479. The molecule has 0 saturated carbocycles. The average Bonchev–Trinajstić information content (AvgIpc) is 2.43. The number of halogens is 3. The second kappa shape index (κ2) is 6.59. The van der Waals surface area contributed by atoms with Gasteiger partial charge in [-0.1, -0.05) is 23.2 Å². The van der Waals surface area contributed by atoms with E-state index in [0.717, 1.165) is 0 Å². The first-order valence-electron chi connectivity index (χ1n) is 5.59. The fourth-order valence-electron chi connectivity index (χ4n) is 1.62. The number of carbonyl (C=O) groups excluding carboxylic acids is 1. The molecule has 0 atom stereocenters. The van der Waals surface area contributed by atoms with Gasteiger partial charge in [0.2, 0.25) is 0 Å². The molecule has 0 spiro atoms. The molecule has 0 aromatic heterocycles. The molecule has 0 heterocycles. The number of nitro groups is 1. The van der Waals surface area contributed by atoms with Crippen molar-refractivity contribution >= 4 is 63.1 Å². The number of carbonyl (C=O) groups is 1. The number of rotatable bonds is 3. The van der Waals surface area contributed by atoms with E-state index in [1.807, 2.05) is 22.6 Å². The number of nitrogens with one attached hydrogen (secondary N) is 1. The van der Waals surface area contributed by atoms with Crippen LogP contribution in [0.2, 0.25) is 10.0 Å². The molecule has 0 fully saturated rings. The third-order valence-electron chi connectivity index (χ3n) is 2.58. The zero-order chi connectivity index (χ0) is 15.6. The molecule has 0 bridgehead atoms. The fraction of sp³-hybridized carbons (Fsp3) is 0. The smallest absolute Gasteiger partial charge is 0.294 e. The highest BCUT2D eigenvalue weighted by Gasteiger charge is 2.18. The molecule has 21 heavy (non-hydrogen) atoms. The Labute approximate surface area is 143 Å². The molecule has 2 aromatic rings. The summed E-state index contributed by atoms with van der Waals surface area (Å²) in [5, 5.41) is 14.1. The van der Waals surface area contributed by atoms with Crippen LogP contribution in [0.1, 0.15) is 10.4 Å². The topological polar surface area (TPSA) is 72.2 Å². The summed E-state index contributed by atoms with van der Waals surface area (Å²) in [6, 6.07) is 8.88. The lowest BCUT2D eigenvalue weighted by molar-refractivity contribution is -0.383. The molecule has 1 amide bonds. The summed E-state index contributed by atoms with van der Waals surface area (Å²) in [6.45, 7) is 0. The number of hydrogen-bond donors (Lipinski definition) is 1. The zero-order valence-electron chi connectivity index (χ0n) is 10.3. The van der Waals surface area contributed by atoms with Crippen molar-refractivity contribution in [3.8, 4) is 0 Å². The van der Waals surface area contributed by atoms with Crippen molar-refractivity contribution in [1.29, 1.82) is 0 Å². The summed E-state index contributed by atoms with van der Waals surface area (Å²) >= 11 is 13.6. The van der Waals surface area contributed by atoms with E-state index in [4.69, 9.17) is 23.2 Å². The van der Waals surface area contributed by atoms with Crippen molar-refractivity contribution in [3.63, 3.8) is 0 Å². The molecule has 0 unspecified atom stereocenters. The lowest BCUT2D eigenvalue weighted by Crippen LogP contribution is -2.14. The minimum absolute atomic E-state index is 0.0742. The minimum atomic E-state index is -0.607. The molecule has 1 N–H and O–H groups in total. The van der Waals surface area contributed by atoms with Crippen molar-refractivity contribution in [2.45, 2.75) is 0 Å². The lowest BCUT2D eigenvalue weighted by Gasteiger charge is -2.08. The maximum Gasteiger partial charge on any atom is 0.294 e. The Morgan fingerprint density at radius 2 is 1.76 bits per heavy atom. The molecule has 5 nitrogen and oxygen atoms in total. The van der Waals surface area contributed by atoms with E-state index in [-0.39, 0.29) is 16.4 Å². The molecular formula is C13H7Cl2IN2O3. The van der Waals surface area contributed by atoms with Crippen LogP contribution < -0.4 is 5.32 Å². The van der Waals surface area contributed by atoms with Crippen LogP contribution in [0.5, 0.6) is 0 Å². The number of anilines is 1. The highest BCUT2D eigenvalue weighted by atomic mass is 127. The fourth-order valence-corrected chi connectivity index (χ4v) is 2.54. The highest BCUT2D eigenvalue weighted by molar-refractivity contribution is 14.1. The number of nitrogens with zero attached hydrogens (tertiary/aromatic N) is 1. The van der Waals surface area contributed by atoms with Gasteiger partial charge < -0.3 is 5.32 Å². The van der Waals surface area contributed by atoms with Gasteiger partial charge in [0.05, 0.1) is 10.5 Å². The molecule has 2 aromatic carbocycles. The normalized spacial score (nSPS) is 10.2. The molecule has 0 radical (unpaired) electrons. The quantitative estimate of drug-likeness (QED) is 0.428. The van der Waals surface area contributed by atoms with E-state index >= 15 is 0 Å². The van der Waals surface area contributed by atoms with Crippen LogP contribution in [0.25, 0.3) is 0 Å². The monoisotopic (exact) mass is 436 g/mol. The van der Waals surface area contributed by atoms with Crippen LogP contribution in [0.4, 0.5) is 11.4 Å². The molecule has 0 aliphatic rings. The average molecular weight is 437 g/mol. The van der Waals surface area contributed by atoms with Gasteiger partial charge in [0, 0.05) is 19.7 Å². The Morgan fingerprint density at radius 3 is 2.43 bits per heavy atom. The van der Waals surface area contributed by atoms with Crippen molar-refractivity contribution < 1.29 is 9.72 Å². The van der Waals surface area contributed by atoms with Gasteiger partial charge in [-0.05, 0) is 52.9 Å². The van der Waals surface area contributed by atoms with Crippen LogP contribution in [0, 0.1) is 13.7 Å². The summed E-state index contributed by atoms with van der Waals surface area (Å²) < 4.78 is 0.686. The molecule has 8 heteroatoms. The largest absolute Gasteiger partial charge is 0.316 e. The van der Waals surface area contributed by atoms with Gasteiger partial charge in [-0.2, -0.15) is 0 Å². The number of nitro benzene ring substituents is 1. The van der Waals surface area contributed by atoms with Crippen molar-refractivity contribution in [3.05, 3.63) is 65.7 Å². The van der Waals surface area contributed by atoms with Gasteiger partial charge in [0.15, 0.2) is 0 Å². The maximum atomic E-state index is 12.2. The Morgan fingerprint density at radius 1 is 1.14 bits per heavy atom. The predicted octanol–water partition coefficient (Wildman–Crippen LogP) is 4.76. The summed E-state index contributed by atoms with van der Waals surface area (Å²) in [7, 11) is 0. The van der Waals surface area contributed by atoms with Gasteiger partial charge >= 0.3 is 0 Å². The molecule has 0 aliphatic carbocycles. The van der Waals surface area contributed by atoms with Crippen LogP contribution in [0.3, 0.4) is 0 Å². The third-order valence-corrected chi connectivity index (χ3v) is 3.99. The lowest BCUT2D eigenvalue weighted by atomic mass is 10.2. The highest BCUT2D eigenvalue weighted by Crippen LogP contribution is 2.28. The Balaban J connectivity index is 2.36. The van der Waals surface area contributed by atoms with Gasteiger partial charge in [0.1, 0.15) is 5.69 Å². The SMILES string of the molecule is O=C(Nc1ccc(Cl)cc1[N+](=O)[O-])c1cc(Cl)ccc1I. The summed E-state index contributed by atoms with van der Waals surface area (Å²) in [5.41, 5.74) is 0.144. The van der Waals surface area contributed by atoms with E-state index in [1.54, 1.807) is 12.1 Å².